The lowest BCUT2D eigenvalue weighted by Crippen LogP contribution is -2.24. The van der Waals surface area contributed by atoms with Crippen LogP contribution in [0.4, 0.5) is 0 Å². The summed E-state index contributed by atoms with van der Waals surface area (Å²) in [7, 11) is -3.71. The van der Waals surface area contributed by atoms with Gasteiger partial charge in [0.2, 0.25) is 10.0 Å². The molecule has 0 amide bonds. The van der Waals surface area contributed by atoms with E-state index in [4.69, 9.17) is 11.5 Å². The number of hydrogen-bond acceptors (Lipinski definition) is 4. The lowest BCUT2D eigenvalue weighted by atomic mass is 10.4. The summed E-state index contributed by atoms with van der Waals surface area (Å²) in [4.78, 5) is 11.0. The number of hydrogen-bond donors (Lipinski definition) is 2. The number of carboxylic acid groups (broad SMARTS) is 1. The molecule has 1 aromatic heterocycles. The third-order valence-corrected chi connectivity index (χ3v) is 4.43. The van der Waals surface area contributed by atoms with Crippen LogP contribution in [0.1, 0.15) is 14.5 Å². The van der Waals surface area contributed by atoms with Crippen molar-refractivity contribution in [1.82, 2.24) is 4.72 Å². The number of thiophene rings is 1. The molecule has 2 N–H and O–H groups in total. The zero-order chi connectivity index (χ0) is 12.3. The van der Waals surface area contributed by atoms with Crippen molar-refractivity contribution in [3.63, 3.8) is 0 Å². The zero-order valence-corrected chi connectivity index (χ0v) is 9.98. The van der Waals surface area contributed by atoms with Crippen molar-refractivity contribution in [1.29, 1.82) is 0 Å². The minimum Gasteiger partial charge on any atom is -0.477 e. The normalized spacial score (nSPS) is 11.0. The topological polar surface area (TPSA) is 83.5 Å². The lowest BCUT2D eigenvalue weighted by Gasteiger charge is -2.01. The number of nitrogens with one attached hydrogen (secondary N) is 1. The van der Waals surface area contributed by atoms with Crippen LogP contribution >= 0.6 is 11.3 Å². The Morgan fingerprint density at radius 3 is 2.75 bits per heavy atom. The molecule has 0 aromatic carbocycles. The van der Waals surface area contributed by atoms with Crippen LogP contribution in [0.3, 0.4) is 0 Å². The summed E-state index contributed by atoms with van der Waals surface area (Å²) in [5, 5.41) is 8.73. The summed E-state index contributed by atoms with van der Waals surface area (Å²) in [6.45, 7) is 1.42. The molecule has 0 saturated carbocycles. The van der Waals surface area contributed by atoms with Crippen LogP contribution < -0.4 is 4.72 Å². The molecule has 0 aliphatic rings. The predicted octanol–water partition coefficient (Wildman–Crippen LogP) is 0.666. The minimum atomic E-state index is -3.71. The molecule has 0 saturated heterocycles. The van der Waals surface area contributed by atoms with Crippen LogP contribution in [0, 0.1) is 19.3 Å². The smallest absolute Gasteiger partial charge is 0.345 e. The highest BCUT2D eigenvalue weighted by Crippen LogP contribution is 2.25. The summed E-state index contributed by atoms with van der Waals surface area (Å²) in [6.07, 6.45) is 4.94. The van der Waals surface area contributed by atoms with Crippen molar-refractivity contribution >= 4 is 27.3 Å². The van der Waals surface area contributed by atoms with Gasteiger partial charge in [0, 0.05) is 4.88 Å². The molecule has 1 aromatic rings. The number of carbonyl (C=O) groups is 1. The molecule has 0 bridgehead atoms. The van der Waals surface area contributed by atoms with E-state index in [1.54, 1.807) is 6.92 Å². The van der Waals surface area contributed by atoms with Gasteiger partial charge in [-0.05, 0) is 13.0 Å². The lowest BCUT2D eigenvalue weighted by molar-refractivity contribution is 0.0702. The molecule has 0 radical (unpaired) electrons. The highest BCUT2D eigenvalue weighted by atomic mass is 32.2. The molecular weight excluding hydrogens is 250 g/mol. The van der Waals surface area contributed by atoms with Crippen molar-refractivity contribution < 1.29 is 18.3 Å². The van der Waals surface area contributed by atoms with Crippen LogP contribution in [0.25, 0.3) is 0 Å². The first-order chi connectivity index (χ1) is 7.38. The SMILES string of the molecule is C#CCNS(=O)(=O)c1cc(C(=O)O)sc1C. The Kier molecular flexibility index (Phi) is 3.70. The molecule has 0 atom stereocenters. The largest absolute Gasteiger partial charge is 0.477 e. The quantitative estimate of drug-likeness (QED) is 0.778. The summed E-state index contributed by atoms with van der Waals surface area (Å²) in [5.74, 6) is 0.993. The summed E-state index contributed by atoms with van der Waals surface area (Å²) in [5.41, 5.74) is 0. The molecule has 5 nitrogen and oxygen atoms in total. The van der Waals surface area contributed by atoms with Crippen LogP contribution in [0.2, 0.25) is 0 Å². The first kappa shape index (κ1) is 12.7. The van der Waals surface area contributed by atoms with E-state index >= 15 is 0 Å². The Morgan fingerprint density at radius 1 is 1.69 bits per heavy atom. The van der Waals surface area contributed by atoms with Crippen molar-refractivity contribution in [3.05, 3.63) is 15.8 Å². The van der Waals surface area contributed by atoms with Crippen molar-refractivity contribution in [3.8, 4) is 12.3 Å². The Labute approximate surface area is 97.2 Å². The van der Waals surface area contributed by atoms with E-state index in [9.17, 15) is 13.2 Å². The number of sulfonamides is 1. The third-order valence-electron chi connectivity index (χ3n) is 1.74. The van der Waals surface area contributed by atoms with Crippen LogP contribution in [0.15, 0.2) is 11.0 Å². The van der Waals surface area contributed by atoms with Crippen LogP contribution in [-0.2, 0) is 10.0 Å². The van der Waals surface area contributed by atoms with Crippen molar-refractivity contribution in [2.24, 2.45) is 0 Å². The summed E-state index contributed by atoms with van der Waals surface area (Å²) in [6, 6.07) is 1.13. The fourth-order valence-electron chi connectivity index (χ4n) is 1.05. The molecule has 0 spiro atoms. The number of aryl methyl sites for hydroxylation is 1. The average molecular weight is 259 g/mol. The van der Waals surface area contributed by atoms with Gasteiger partial charge in [-0.1, -0.05) is 5.92 Å². The maximum Gasteiger partial charge on any atom is 0.345 e. The van der Waals surface area contributed by atoms with Crippen LogP contribution in [0.5, 0.6) is 0 Å². The van der Waals surface area contributed by atoms with Gasteiger partial charge in [-0.3, -0.25) is 0 Å². The second-order valence-electron chi connectivity index (χ2n) is 2.86. The van der Waals surface area contributed by atoms with Gasteiger partial charge in [-0.15, -0.1) is 17.8 Å². The Morgan fingerprint density at radius 2 is 2.31 bits per heavy atom. The van der Waals surface area contributed by atoms with E-state index in [0.717, 1.165) is 17.4 Å². The number of aromatic carboxylic acids is 1. The molecule has 16 heavy (non-hydrogen) atoms. The Balaban J connectivity index is 3.14. The molecule has 0 unspecified atom stereocenters. The summed E-state index contributed by atoms with van der Waals surface area (Å²) < 4.78 is 25.5. The molecule has 1 rings (SSSR count). The highest BCUT2D eigenvalue weighted by Gasteiger charge is 2.21. The first-order valence-electron chi connectivity index (χ1n) is 4.15. The van der Waals surface area contributed by atoms with Crippen molar-refractivity contribution in [2.45, 2.75) is 11.8 Å². The maximum atomic E-state index is 11.7. The fraction of sp³-hybridized carbons (Fsp3) is 0.222. The van der Waals surface area contributed by atoms with Gasteiger partial charge in [-0.25, -0.2) is 13.2 Å². The Bertz CT molecular complexity index is 551. The monoisotopic (exact) mass is 259 g/mol. The molecule has 1 heterocycles. The molecule has 7 heteroatoms. The van der Waals surface area contributed by atoms with Gasteiger partial charge in [0.15, 0.2) is 0 Å². The fourth-order valence-corrected chi connectivity index (χ4v) is 3.41. The van der Waals surface area contributed by atoms with E-state index in [0.29, 0.717) is 4.88 Å². The third kappa shape index (κ3) is 2.61. The van der Waals surface area contributed by atoms with Crippen LogP contribution in [-0.4, -0.2) is 26.0 Å². The second-order valence-corrected chi connectivity index (χ2v) is 5.86. The van der Waals surface area contributed by atoms with Gasteiger partial charge in [0.25, 0.3) is 0 Å². The van der Waals surface area contributed by atoms with E-state index in [2.05, 4.69) is 10.6 Å². The average Bonchev–Trinajstić information content (AvgIpc) is 2.58. The van der Waals surface area contributed by atoms with Gasteiger partial charge in [0.1, 0.15) is 4.88 Å². The van der Waals surface area contributed by atoms with Gasteiger partial charge in [-0.2, -0.15) is 4.72 Å². The first-order valence-corrected chi connectivity index (χ1v) is 6.45. The molecule has 0 aliphatic heterocycles. The van der Waals surface area contributed by atoms with Crippen molar-refractivity contribution in [2.75, 3.05) is 6.54 Å². The maximum absolute atomic E-state index is 11.7. The minimum absolute atomic E-state index is 0.0152. The molecule has 0 aliphatic carbocycles. The van der Waals surface area contributed by atoms with E-state index in [-0.39, 0.29) is 16.3 Å². The predicted molar refractivity (Wildman–Crippen MR) is 60.0 cm³/mol. The molecule has 86 valence electrons. The zero-order valence-electron chi connectivity index (χ0n) is 8.35. The number of carboxylic acids is 1. The van der Waals surface area contributed by atoms with Gasteiger partial charge < -0.3 is 5.11 Å². The molecular formula is C9H9NO4S2. The molecule has 0 fully saturated rings. The highest BCUT2D eigenvalue weighted by molar-refractivity contribution is 7.89. The number of terminal acetylenes is 1. The van der Waals surface area contributed by atoms with Gasteiger partial charge >= 0.3 is 5.97 Å². The second kappa shape index (κ2) is 4.65. The van der Waals surface area contributed by atoms with E-state index < -0.39 is 16.0 Å². The standard InChI is InChI=1S/C9H9NO4S2/c1-3-4-10-16(13,14)8-5-7(9(11)12)15-6(8)2/h1,5,10H,4H2,2H3,(H,11,12). The Hall–Kier alpha value is -1.36. The van der Waals surface area contributed by atoms with E-state index in [1.807, 2.05) is 0 Å². The summed E-state index contributed by atoms with van der Waals surface area (Å²) >= 11 is 0.912. The van der Waals surface area contributed by atoms with E-state index in [1.165, 1.54) is 0 Å². The van der Waals surface area contributed by atoms with Gasteiger partial charge in [0.05, 0.1) is 11.4 Å². The number of rotatable bonds is 4.